The number of allylic oxidation sites excluding steroid dienone is 1. The number of amides is 1. The Labute approximate surface area is 181 Å². The van der Waals surface area contributed by atoms with E-state index in [-0.39, 0.29) is 36.3 Å². The monoisotopic (exact) mass is 438 g/mol. The number of rotatable bonds is 6. The summed E-state index contributed by atoms with van der Waals surface area (Å²) in [6, 6.07) is 0.359. The summed E-state index contributed by atoms with van der Waals surface area (Å²) in [5.74, 6) is 0.0391. The van der Waals surface area contributed by atoms with Gasteiger partial charge >= 0.3 is 0 Å². The van der Waals surface area contributed by atoms with Crippen LogP contribution in [0.15, 0.2) is 21.7 Å². The normalized spacial score (nSPS) is 21.4. The Morgan fingerprint density at radius 1 is 1.26 bits per heavy atom. The number of halogens is 2. The summed E-state index contributed by atoms with van der Waals surface area (Å²) in [7, 11) is 0. The highest BCUT2D eigenvalue weighted by Gasteiger charge is 2.43. The highest BCUT2D eigenvalue weighted by atomic mass is 19.1. The summed E-state index contributed by atoms with van der Waals surface area (Å²) in [6.07, 6.45) is 3.39. The number of hydrogen-bond donors (Lipinski definition) is 0. The van der Waals surface area contributed by atoms with Gasteiger partial charge in [0.05, 0.1) is 5.70 Å². The van der Waals surface area contributed by atoms with Gasteiger partial charge in [-0.3, -0.25) is 9.69 Å². The van der Waals surface area contributed by atoms with Gasteiger partial charge in [0, 0.05) is 57.7 Å². The summed E-state index contributed by atoms with van der Waals surface area (Å²) in [6.45, 7) is 9.53. The molecule has 0 N–H and O–H groups in total. The van der Waals surface area contributed by atoms with E-state index in [9.17, 15) is 9.18 Å². The second-order valence-electron chi connectivity index (χ2n) is 8.39. The van der Waals surface area contributed by atoms with Gasteiger partial charge in [-0.05, 0) is 38.3 Å². The molecule has 0 spiro atoms. The number of likely N-dealkylation sites (tertiary alicyclic amines) is 2. The summed E-state index contributed by atoms with van der Waals surface area (Å²) in [4.78, 5) is 19.9. The molecule has 1 aromatic heterocycles. The van der Waals surface area contributed by atoms with Gasteiger partial charge in [0.15, 0.2) is 5.67 Å². The second-order valence-corrected chi connectivity index (χ2v) is 8.39. The molecule has 0 aromatic carbocycles. The zero-order valence-electron chi connectivity index (χ0n) is 18.8. The molecule has 31 heavy (non-hydrogen) atoms. The Balaban J connectivity index is 1.65. The number of carbonyl (C=O) groups excluding carboxylic acids is 1. The number of hydrogen-bond acceptors (Lipinski definition) is 7. The molecular weight excluding hydrogens is 406 g/mol. The van der Waals surface area contributed by atoms with Crippen LogP contribution in [0.2, 0.25) is 0 Å². The first-order chi connectivity index (χ1) is 14.8. The summed E-state index contributed by atoms with van der Waals surface area (Å²) >= 11 is 0. The van der Waals surface area contributed by atoms with E-state index in [0.29, 0.717) is 31.9 Å². The predicted octanol–water partition coefficient (Wildman–Crippen LogP) is 3.76. The minimum atomic E-state index is -1.72. The Morgan fingerprint density at radius 3 is 2.45 bits per heavy atom. The number of carbonyl (C=O) groups is 1. The van der Waals surface area contributed by atoms with Crippen LogP contribution in [-0.4, -0.2) is 63.8 Å². The second kappa shape index (κ2) is 9.84. The van der Waals surface area contributed by atoms with E-state index in [2.05, 4.69) is 20.1 Å². The molecule has 0 unspecified atom stereocenters. The van der Waals surface area contributed by atoms with Crippen molar-refractivity contribution in [1.29, 1.82) is 0 Å². The first kappa shape index (κ1) is 23.3. The number of nitrogens with zero attached hydrogens (tertiary/aromatic N) is 6. The van der Waals surface area contributed by atoms with Crippen molar-refractivity contribution in [3.05, 3.63) is 17.9 Å². The quantitative estimate of drug-likeness (QED) is 0.497. The molecule has 1 aromatic rings. The first-order valence-electron chi connectivity index (χ1n) is 10.9. The zero-order valence-corrected chi connectivity index (χ0v) is 18.8. The average Bonchev–Trinajstić information content (AvgIpc) is 3.28. The number of aromatic nitrogens is 2. The molecule has 0 aliphatic carbocycles. The number of piperidine rings is 2. The van der Waals surface area contributed by atoms with Gasteiger partial charge in [-0.25, -0.2) is 8.78 Å². The van der Waals surface area contributed by atoms with Crippen LogP contribution in [-0.2, 0) is 10.5 Å². The molecule has 2 saturated heterocycles. The molecule has 172 valence electrons. The summed E-state index contributed by atoms with van der Waals surface area (Å²) in [5, 5.41) is 9.40. The maximum Gasteiger partial charge on any atom is 0.291 e. The van der Waals surface area contributed by atoms with Gasteiger partial charge in [-0.15, -0.1) is 0 Å². The van der Waals surface area contributed by atoms with Crippen LogP contribution in [0.1, 0.15) is 65.7 Å². The van der Waals surface area contributed by atoms with E-state index in [0.717, 1.165) is 31.6 Å². The minimum Gasteiger partial charge on any atom is -0.343 e. The minimum absolute atomic E-state index is 0.0188. The van der Waals surface area contributed by atoms with Crippen LogP contribution < -0.4 is 5.01 Å². The highest BCUT2D eigenvalue weighted by molar-refractivity contribution is 5.82. The van der Waals surface area contributed by atoms with E-state index in [1.165, 1.54) is 11.9 Å². The van der Waals surface area contributed by atoms with E-state index in [1.807, 2.05) is 18.7 Å². The fourth-order valence-electron chi connectivity index (χ4n) is 4.06. The molecule has 3 heterocycles. The molecule has 2 fully saturated rings. The lowest BCUT2D eigenvalue weighted by Crippen LogP contribution is -2.50. The van der Waals surface area contributed by atoms with Crippen LogP contribution in [0.5, 0.6) is 0 Å². The maximum absolute atomic E-state index is 15.7. The van der Waals surface area contributed by atoms with Crippen molar-refractivity contribution in [3.63, 3.8) is 0 Å². The van der Waals surface area contributed by atoms with E-state index < -0.39 is 5.67 Å². The van der Waals surface area contributed by atoms with E-state index in [1.54, 1.807) is 6.92 Å². The van der Waals surface area contributed by atoms with Crippen molar-refractivity contribution in [2.45, 2.75) is 71.5 Å². The van der Waals surface area contributed by atoms with Crippen LogP contribution in [0.4, 0.5) is 14.7 Å². The van der Waals surface area contributed by atoms with Crippen LogP contribution in [0, 0.1) is 0 Å². The Hall–Kier alpha value is -2.36. The predicted molar refractivity (Wildman–Crippen MR) is 114 cm³/mol. The number of hydrazone groups is 1. The van der Waals surface area contributed by atoms with Gasteiger partial charge in [0.2, 0.25) is 5.91 Å². The molecule has 2 aliphatic heterocycles. The smallest absolute Gasteiger partial charge is 0.291 e. The van der Waals surface area contributed by atoms with Crippen molar-refractivity contribution in [2.75, 3.05) is 31.2 Å². The van der Waals surface area contributed by atoms with Gasteiger partial charge in [-0.2, -0.15) is 15.1 Å². The fourth-order valence-corrected chi connectivity index (χ4v) is 4.06. The van der Waals surface area contributed by atoms with E-state index in [4.69, 9.17) is 4.52 Å². The highest BCUT2D eigenvalue weighted by Crippen LogP contribution is 2.38. The van der Waals surface area contributed by atoms with Crippen LogP contribution in [0.3, 0.4) is 0 Å². The fraction of sp³-hybridized carbons (Fsp3) is 0.714. The van der Waals surface area contributed by atoms with Gasteiger partial charge in [0.25, 0.3) is 11.8 Å². The molecule has 0 radical (unpaired) electrons. The maximum atomic E-state index is 15.7. The standard InChI is InChI=1S/C21H32F2N6O2/c1-5-15(2)25-29(16(3)14-22)20-24-19(31-26-20)21(23)8-12-28(13-9-21)18-6-10-27(11-7-18)17(4)30/h14,18H,5-13H2,1-4H3. The number of anilines is 1. The molecule has 0 atom stereocenters. The molecule has 3 rings (SSSR count). The Bertz CT molecular complexity index is 824. The molecule has 8 nitrogen and oxygen atoms in total. The lowest BCUT2D eigenvalue weighted by atomic mass is 9.90. The van der Waals surface area contributed by atoms with Crippen molar-refractivity contribution >= 4 is 17.6 Å². The lowest BCUT2D eigenvalue weighted by molar-refractivity contribution is -0.130. The number of alkyl halides is 1. The van der Waals surface area contributed by atoms with Crippen molar-refractivity contribution in [1.82, 2.24) is 19.9 Å². The van der Waals surface area contributed by atoms with Crippen LogP contribution in [0.25, 0.3) is 0 Å². The molecule has 2 aliphatic rings. The molecule has 0 bridgehead atoms. The largest absolute Gasteiger partial charge is 0.343 e. The van der Waals surface area contributed by atoms with E-state index >= 15 is 4.39 Å². The van der Waals surface area contributed by atoms with Crippen LogP contribution >= 0.6 is 0 Å². The summed E-state index contributed by atoms with van der Waals surface area (Å²) in [5.41, 5.74) is -0.781. The third kappa shape index (κ3) is 5.28. The third-order valence-corrected chi connectivity index (χ3v) is 6.28. The van der Waals surface area contributed by atoms with Crippen molar-refractivity contribution in [2.24, 2.45) is 5.10 Å². The lowest BCUT2D eigenvalue weighted by Gasteiger charge is -2.42. The van der Waals surface area contributed by atoms with Crippen molar-refractivity contribution < 1.29 is 18.1 Å². The Kier molecular flexibility index (Phi) is 7.40. The topological polar surface area (TPSA) is 78.1 Å². The van der Waals surface area contributed by atoms with Gasteiger partial charge < -0.3 is 9.42 Å². The Morgan fingerprint density at radius 2 is 1.90 bits per heavy atom. The van der Waals surface area contributed by atoms with Crippen molar-refractivity contribution in [3.8, 4) is 0 Å². The third-order valence-electron chi connectivity index (χ3n) is 6.28. The zero-order chi connectivity index (χ0) is 22.6. The molecule has 1 amide bonds. The first-order valence-corrected chi connectivity index (χ1v) is 10.9. The SMILES string of the molecule is CCC(C)=NN(C(C)=CF)c1noc(C2(F)CCN(C3CCN(C(C)=O)CC3)CC2)n1. The summed E-state index contributed by atoms with van der Waals surface area (Å²) < 4.78 is 34.1. The molecular formula is C21H32F2N6O2. The molecule has 10 heteroatoms. The van der Waals surface area contributed by atoms with Gasteiger partial charge in [-0.1, -0.05) is 6.92 Å². The molecule has 0 saturated carbocycles. The average molecular weight is 439 g/mol. The van der Waals surface area contributed by atoms with Gasteiger partial charge in [0.1, 0.15) is 6.33 Å².